The number of hydrogen-bond donors (Lipinski definition) is 0. The molecule has 0 N–H and O–H groups in total. The first-order chi connectivity index (χ1) is 15.1. The lowest BCUT2D eigenvalue weighted by Crippen LogP contribution is -2.45. The van der Waals surface area contributed by atoms with E-state index in [0.29, 0.717) is 31.1 Å². The Bertz CT molecular complexity index is 1060. The van der Waals surface area contributed by atoms with Crippen LogP contribution in [-0.4, -0.2) is 62.4 Å². The van der Waals surface area contributed by atoms with E-state index in [4.69, 9.17) is 14.5 Å². The number of nitrogens with zero attached hydrogens (tertiary/aromatic N) is 5. The smallest absolute Gasteiger partial charge is 0.319 e. The second-order valence-corrected chi connectivity index (χ2v) is 9.11. The van der Waals surface area contributed by atoms with E-state index in [0.717, 1.165) is 48.5 Å². The molecule has 2 atom stereocenters. The fourth-order valence-corrected chi connectivity index (χ4v) is 5.71. The zero-order valence-electron chi connectivity index (χ0n) is 17.5. The molecule has 0 radical (unpaired) electrons. The Balaban J connectivity index is 1.25. The predicted octanol–water partition coefficient (Wildman–Crippen LogP) is 1.64. The van der Waals surface area contributed by atoms with Gasteiger partial charge in [0.1, 0.15) is 6.10 Å². The number of rotatable bonds is 5. The average Bonchev–Trinajstić information content (AvgIpc) is 3.42. The molecule has 10 heteroatoms. The number of aryl methyl sites for hydroxylation is 1. The van der Waals surface area contributed by atoms with Gasteiger partial charge in [-0.05, 0) is 32.1 Å². The van der Waals surface area contributed by atoms with Crippen molar-refractivity contribution in [2.24, 2.45) is 0 Å². The number of ether oxygens (including phenoxy) is 2. The zero-order valence-corrected chi connectivity index (χ0v) is 18.3. The molecule has 2 aromatic rings. The number of likely N-dealkylation sites (tertiary alicyclic amines) is 1. The van der Waals surface area contributed by atoms with Crippen LogP contribution in [0.1, 0.15) is 43.0 Å². The van der Waals surface area contributed by atoms with E-state index in [1.165, 1.54) is 7.11 Å². The van der Waals surface area contributed by atoms with Crippen LogP contribution in [0.3, 0.4) is 0 Å². The van der Waals surface area contributed by atoms with Crippen LogP contribution in [0.4, 0.5) is 0 Å². The Kier molecular flexibility index (Phi) is 5.56. The normalized spacial score (nSPS) is 22.2. The summed E-state index contributed by atoms with van der Waals surface area (Å²) in [5, 5.41) is 0.765. The van der Waals surface area contributed by atoms with Crippen molar-refractivity contribution < 1.29 is 14.3 Å². The highest BCUT2D eigenvalue weighted by Crippen LogP contribution is 2.34. The lowest BCUT2D eigenvalue weighted by molar-refractivity contribution is -0.134. The molecule has 2 unspecified atom stereocenters. The van der Waals surface area contributed by atoms with Crippen LogP contribution in [-0.2, 0) is 17.6 Å². The number of thioether (sulfide) groups is 1. The van der Waals surface area contributed by atoms with Crippen LogP contribution in [0.25, 0.3) is 0 Å². The maximum Gasteiger partial charge on any atom is 0.319 e. The van der Waals surface area contributed by atoms with Gasteiger partial charge in [-0.15, -0.1) is 0 Å². The lowest BCUT2D eigenvalue weighted by Gasteiger charge is -2.33. The first-order valence-electron chi connectivity index (χ1n) is 10.7. The Morgan fingerprint density at radius 2 is 2.19 bits per heavy atom. The summed E-state index contributed by atoms with van der Waals surface area (Å²) in [4.78, 5) is 40.8. The van der Waals surface area contributed by atoms with Gasteiger partial charge >= 0.3 is 6.01 Å². The van der Waals surface area contributed by atoms with Gasteiger partial charge < -0.3 is 14.4 Å². The predicted molar refractivity (Wildman–Crippen MR) is 114 cm³/mol. The number of carbonyl (C=O) groups is 1. The van der Waals surface area contributed by atoms with Gasteiger partial charge in [-0.25, -0.2) is 9.97 Å². The lowest BCUT2D eigenvalue weighted by atomic mass is 10.1. The Hall–Kier alpha value is -2.62. The van der Waals surface area contributed by atoms with Crippen LogP contribution in [0.15, 0.2) is 22.2 Å². The second-order valence-electron chi connectivity index (χ2n) is 8.12. The van der Waals surface area contributed by atoms with Gasteiger partial charge in [0.15, 0.2) is 5.16 Å². The fourth-order valence-electron chi connectivity index (χ4n) is 4.55. The van der Waals surface area contributed by atoms with E-state index < -0.39 is 0 Å². The largest absolute Gasteiger partial charge is 0.472 e. The molecular formula is C21H25N5O4S. The third kappa shape index (κ3) is 4.00. The molecule has 31 heavy (non-hydrogen) atoms. The molecule has 4 heterocycles. The highest BCUT2D eigenvalue weighted by molar-refractivity contribution is 7.99. The highest BCUT2D eigenvalue weighted by Gasteiger charge is 2.33. The van der Waals surface area contributed by atoms with Crippen LogP contribution in [0.2, 0.25) is 0 Å². The van der Waals surface area contributed by atoms with Crippen molar-refractivity contribution in [3.8, 4) is 11.9 Å². The minimum atomic E-state index is -0.133. The van der Waals surface area contributed by atoms with Crippen LogP contribution in [0, 0.1) is 0 Å². The summed E-state index contributed by atoms with van der Waals surface area (Å²) in [7, 11) is 1.51. The standard InChI is InChI=1S/C21H25N5O4S/c1-29-20-22-8-7-17(24-20)30-14-4-3-9-25(11-14)18(27)10-13-12-31-21-23-16-6-2-5-15(16)19(28)26(13)21/h7-8,13-14H,2-6,9-12H2,1H3. The molecule has 0 spiro atoms. The van der Waals surface area contributed by atoms with E-state index in [-0.39, 0.29) is 29.6 Å². The van der Waals surface area contributed by atoms with Gasteiger partial charge in [0.25, 0.3) is 5.56 Å². The van der Waals surface area contributed by atoms with Crippen molar-refractivity contribution in [2.75, 3.05) is 26.0 Å². The van der Waals surface area contributed by atoms with Crippen LogP contribution >= 0.6 is 11.8 Å². The molecule has 1 amide bonds. The van der Waals surface area contributed by atoms with Gasteiger partial charge in [0, 0.05) is 36.5 Å². The number of amides is 1. The van der Waals surface area contributed by atoms with Crippen LogP contribution in [0.5, 0.6) is 11.9 Å². The summed E-state index contributed by atoms with van der Waals surface area (Å²) in [5.41, 5.74) is 1.85. The molecule has 0 aromatic carbocycles. The maximum atomic E-state index is 13.1. The maximum absolute atomic E-state index is 13.1. The van der Waals surface area contributed by atoms with Gasteiger partial charge in [-0.1, -0.05) is 11.8 Å². The van der Waals surface area contributed by atoms with Crippen molar-refractivity contribution in [1.29, 1.82) is 0 Å². The minimum Gasteiger partial charge on any atom is -0.472 e. The van der Waals surface area contributed by atoms with E-state index in [1.807, 2.05) is 4.90 Å². The summed E-state index contributed by atoms with van der Waals surface area (Å²) >= 11 is 1.58. The molecule has 2 aromatic heterocycles. The van der Waals surface area contributed by atoms with Crippen molar-refractivity contribution in [1.82, 2.24) is 24.4 Å². The number of hydrogen-bond acceptors (Lipinski definition) is 8. The number of carbonyl (C=O) groups excluding carboxylic acids is 1. The average molecular weight is 444 g/mol. The van der Waals surface area contributed by atoms with E-state index in [1.54, 1.807) is 28.6 Å². The topological polar surface area (TPSA) is 99.4 Å². The summed E-state index contributed by atoms with van der Waals surface area (Å²) in [6, 6.07) is 1.81. The molecule has 1 fully saturated rings. The molecule has 164 valence electrons. The van der Waals surface area contributed by atoms with Crippen molar-refractivity contribution in [3.63, 3.8) is 0 Å². The van der Waals surface area contributed by atoms with Crippen molar-refractivity contribution in [2.45, 2.75) is 55.8 Å². The van der Waals surface area contributed by atoms with Gasteiger partial charge in [-0.2, -0.15) is 4.98 Å². The fraction of sp³-hybridized carbons (Fsp3) is 0.571. The molecule has 3 aliphatic rings. The van der Waals surface area contributed by atoms with Crippen LogP contribution < -0.4 is 15.0 Å². The number of methoxy groups -OCH3 is 1. The third-order valence-electron chi connectivity index (χ3n) is 6.09. The van der Waals surface area contributed by atoms with Gasteiger partial charge in [0.05, 0.1) is 25.4 Å². The second kappa shape index (κ2) is 8.49. The van der Waals surface area contributed by atoms with Gasteiger partial charge in [0.2, 0.25) is 11.8 Å². The van der Waals surface area contributed by atoms with Crippen molar-refractivity contribution in [3.05, 3.63) is 33.9 Å². The number of piperidine rings is 1. The molecule has 0 saturated carbocycles. The molecule has 5 rings (SSSR count). The van der Waals surface area contributed by atoms with Gasteiger partial charge in [-0.3, -0.25) is 14.2 Å². The van der Waals surface area contributed by atoms with E-state index >= 15 is 0 Å². The summed E-state index contributed by atoms with van der Waals surface area (Å²) in [5.74, 6) is 1.21. The molecule has 9 nitrogen and oxygen atoms in total. The molecule has 1 aliphatic carbocycles. The Morgan fingerprint density at radius 3 is 3.06 bits per heavy atom. The summed E-state index contributed by atoms with van der Waals surface area (Å²) in [6.07, 6.45) is 6.16. The van der Waals surface area contributed by atoms with Crippen molar-refractivity contribution >= 4 is 17.7 Å². The molecule has 1 saturated heterocycles. The third-order valence-corrected chi connectivity index (χ3v) is 7.19. The molecule has 2 aliphatic heterocycles. The monoisotopic (exact) mass is 443 g/mol. The Labute approximate surface area is 184 Å². The highest BCUT2D eigenvalue weighted by atomic mass is 32.2. The first kappa shape index (κ1) is 20.3. The molecule has 0 bridgehead atoms. The number of fused-ring (bicyclic) bond motifs is 2. The number of aromatic nitrogens is 4. The quantitative estimate of drug-likeness (QED) is 0.643. The first-order valence-corrected chi connectivity index (χ1v) is 11.7. The summed E-state index contributed by atoms with van der Waals surface area (Å²) < 4.78 is 12.8. The Morgan fingerprint density at radius 1 is 1.29 bits per heavy atom. The molecular weight excluding hydrogens is 418 g/mol. The zero-order chi connectivity index (χ0) is 21.4. The SMILES string of the molecule is COc1nccc(OC2CCCN(C(=O)CC3CSc4nc5c(c(=O)n43)CCC5)C2)n1. The van der Waals surface area contributed by atoms with E-state index in [2.05, 4.69) is 9.97 Å². The summed E-state index contributed by atoms with van der Waals surface area (Å²) in [6.45, 7) is 1.21. The minimum absolute atomic E-state index is 0.0536. The van der Waals surface area contributed by atoms with E-state index in [9.17, 15) is 9.59 Å².